The number of alkyl halides is 7. The van der Waals surface area contributed by atoms with Crippen molar-refractivity contribution < 1.29 is 31.1 Å². The highest BCUT2D eigenvalue weighted by atomic mass is 79.9. The summed E-state index contributed by atoms with van der Waals surface area (Å²) >= 11 is 7.35. The molecule has 0 fully saturated rings. The normalized spacial score (nSPS) is 15.4. The maximum atomic E-state index is 14.3. The molecule has 0 amide bonds. The number of hydrogen-bond donors (Lipinski definition) is 0. The van der Waals surface area contributed by atoms with Crippen LogP contribution in [0.2, 0.25) is 0 Å². The van der Waals surface area contributed by atoms with E-state index in [-0.39, 0.29) is 28.7 Å². The van der Waals surface area contributed by atoms with Gasteiger partial charge in [0.2, 0.25) is 0 Å². The van der Waals surface area contributed by atoms with Crippen molar-refractivity contribution in [3.63, 3.8) is 0 Å². The molecule has 1 nitrogen and oxygen atoms in total. The van der Waals surface area contributed by atoms with Gasteiger partial charge >= 0.3 is 17.2 Å². The van der Waals surface area contributed by atoms with E-state index in [1.807, 2.05) is 0 Å². The zero-order chi connectivity index (χ0) is 18.2. The highest BCUT2D eigenvalue weighted by molar-refractivity contribution is 9.10. The lowest BCUT2D eigenvalue weighted by molar-refractivity contribution is -0.286. The standard InChI is InChI=1S/C14H12BrClF6O/c1-3-8-5-9(6-11(15)10(8)4-7(2)23)12(17,13(16,18)19)14(20,21)22/h5-6H,3-4H2,1-2H3. The Bertz CT molecular complexity index is 595. The van der Waals surface area contributed by atoms with Crippen LogP contribution in [0.4, 0.5) is 26.3 Å². The Kier molecular flexibility index (Phi) is 5.84. The maximum absolute atomic E-state index is 14.3. The number of ketones is 1. The highest BCUT2D eigenvalue weighted by Crippen LogP contribution is 2.55. The summed E-state index contributed by atoms with van der Waals surface area (Å²) in [5.41, 5.74) is -5.90. The molecule has 1 aromatic rings. The van der Waals surface area contributed by atoms with Crippen molar-refractivity contribution >= 4 is 33.3 Å². The van der Waals surface area contributed by atoms with Gasteiger partial charge in [-0.05, 0) is 42.1 Å². The van der Waals surface area contributed by atoms with Crippen LogP contribution in [0.15, 0.2) is 16.6 Å². The van der Waals surface area contributed by atoms with E-state index in [2.05, 4.69) is 27.5 Å². The third kappa shape index (κ3) is 3.84. The second-order valence-electron chi connectivity index (χ2n) is 4.98. The summed E-state index contributed by atoms with van der Waals surface area (Å²) in [6.07, 6.45) is -5.92. The van der Waals surface area contributed by atoms with Gasteiger partial charge in [0.1, 0.15) is 5.78 Å². The second kappa shape index (κ2) is 6.63. The van der Waals surface area contributed by atoms with Gasteiger partial charge in [-0.1, -0.05) is 28.9 Å². The highest BCUT2D eigenvalue weighted by Gasteiger charge is 2.71. The molecule has 1 unspecified atom stereocenters. The average molecular weight is 426 g/mol. The molecular formula is C14H12BrClF6O. The van der Waals surface area contributed by atoms with Gasteiger partial charge < -0.3 is 0 Å². The number of carbonyl (C=O) groups excluding carboxylic acids is 1. The summed E-state index contributed by atoms with van der Waals surface area (Å²) in [7, 11) is 0. The van der Waals surface area contributed by atoms with Crippen LogP contribution in [0.3, 0.4) is 0 Å². The first-order valence-corrected chi connectivity index (χ1v) is 7.56. The molecule has 1 rings (SSSR count). The fraction of sp³-hybridized carbons (Fsp3) is 0.500. The lowest BCUT2D eigenvalue weighted by atomic mass is 9.89. The monoisotopic (exact) mass is 424 g/mol. The zero-order valence-electron chi connectivity index (χ0n) is 12.0. The van der Waals surface area contributed by atoms with E-state index in [0.29, 0.717) is 17.7 Å². The first-order valence-electron chi connectivity index (χ1n) is 6.39. The lowest BCUT2D eigenvalue weighted by Crippen LogP contribution is -2.49. The molecule has 130 valence electrons. The SMILES string of the molecule is CCc1cc(C(F)(C(F)(F)F)C(F)(F)Cl)cc(Br)c1CC(C)=O. The van der Waals surface area contributed by atoms with Crippen molar-refractivity contribution in [1.82, 2.24) is 0 Å². The van der Waals surface area contributed by atoms with Crippen molar-refractivity contribution in [2.75, 3.05) is 0 Å². The summed E-state index contributed by atoms with van der Waals surface area (Å²) in [6, 6.07) is 1.26. The third-order valence-electron chi connectivity index (χ3n) is 3.27. The molecule has 0 heterocycles. The minimum atomic E-state index is -5.93. The minimum absolute atomic E-state index is 0.0609. The van der Waals surface area contributed by atoms with Gasteiger partial charge in [-0.2, -0.15) is 22.0 Å². The second-order valence-corrected chi connectivity index (χ2v) is 6.31. The summed E-state index contributed by atoms with van der Waals surface area (Å²) < 4.78 is 79.6. The summed E-state index contributed by atoms with van der Waals surface area (Å²) in [5, 5.41) is -5.20. The molecule has 1 aromatic carbocycles. The number of rotatable bonds is 5. The molecular weight excluding hydrogens is 413 g/mol. The van der Waals surface area contributed by atoms with Gasteiger partial charge in [0.25, 0.3) is 0 Å². The number of benzene rings is 1. The maximum Gasteiger partial charge on any atom is 0.434 e. The van der Waals surface area contributed by atoms with Crippen LogP contribution >= 0.6 is 27.5 Å². The van der Waals surface area contributed by atoms with E-state index in [0.717, 1.165) is 0 Å². The smallest absolute Gasteiger partial charge is 0.300 e. The molecule has 0 bridgehead atoms. The van der Waals surface area contributed by atoms with E-state index >= 15 is 0 Å². The summed E-state index contributed by atoms with van der Waals surface area (Å²) in [4.78, 5) is 11.2. The lowest BCUT2D eigenvalue weighted by Gasteiger charge is -2.32. The van der Waals surface area contributed by atoms with Crippen LogP contribution in [-0.2, 0) is 23.3 Å². The van der Waals surface area contributed by atoms with E-state index in [4.69, 9.17) is 0 Å². The molecule has 1 atom stereocenters. The molecule has 0 saturated heterocycles. The van der Waals surface area contributed by atoms with Crippen molar-refractivity contribution in [1.29, 1.82) is 0 Å². The number of halogens is 8. The van der Waals surface area contributed by atoms with Crippen LogP contribution in [-0.4, -0.2) is 17.3 Å². The van der Waals surface area contributed by atoms with Gasteiger partial charge in [0.15, 0.2) is 0 Å². The Labute approximate surface area is 142 Å². The van der Waals surface area contributed by atoms with E-state index in [1.165, 1.54) is 6.92 Å². The first kappa shape index (κ1) is 20.3. The van der Waals surface area contributed by atoms with Crippen molar-refractivity contribution in [2.45, 2.75) is 43.9 Å². The molecule has 0 aliphatic heterocycles. The fourth-order valence-corrected chi connectivity index (χ4v) is 3.00. The Morgan fingerprint density at radius 2 is 1.70 bits per heavy atom. The number of aryl methyl sites for hydroxylation is 1. The number of hydrogen-bond acceptors (Lipinski definition) is 1. The molecule has 0 aliphatic carbocycles. The Morgan fingerprint density at radius 3 is 2.04 bits per heavy atom. The summed E-state index contributed by atoms with van der Waals surface area (Å²) in [5.74, 6) is -0.279. The van der Waals surface area contributed by atoms with E-state index in [9.17, 15) is 31.1 Å². The molecule has 0 saturated carbocycles. The predicted octanol–water partition coefficient (Wildman–Crippen LogP) is 5.70. The molecule has 0 N–H and O–H groups in total. The van der Waals surface area contributed by atoms with Gasteiger partial charge in [-0.3, -0.25) is 4.79 Å². The van der Waals surface area contributed by atoms with Gasteiger partial charge in [0.05, 0.1) is 0 Å². The average Bonchev–Trinajstić information content (AvgIpc) is 2.36. The predicted molar refractivity (Wildman–Crippen MR) is 77.5 cm³/mol. The Hall–Kier alpha value is -0.760. The van der Waals surface area contributed by atoms with Crippen LogP contribution in [0, 0.1) is 0 Å². The molecule has 9 heteroatoms. The van der Waals surface area contributed by atoms with Crippen LogP contribution in [0.1, 0.15) is 30.5 Å². The third-order valence-corrected chi connectivity index (χ3v) is 4.24. The molecule has 0 spiro atoms. The van der Waals surface area contributed by atoms with E-state index in [1.54, 1.807) is 6.92 Å². The van der Waals surface area contributed by atoms with Gasteiger partial charge in [-0.25, -0.2) is 4.39 Å². The summed E-state index contributed by atoms with van der Waals surface area (Å²) in [6.45, 7) is 2.81. The molecule has 0 aromatic heterocycles. The van der Waals surface area contributed by atoms with Gasteiger partial charge in [-0.15, -0.1) is 0 Å². The quantitative estimate of drug-likeness (QED) is 0.437. The first-order chi connectivity index (χ1) is 10.3. The fourth-order valence-electron chi connectivity index (χ4n) is 2.14. The topological polar surface area (TPSA) is 17.1 Å². The van der Waals surface area contributed by atoms with Crippen LogP contribution in [0.5, 0.6) is 0 Å². The van der Waals surface area contributed by atoms with Crippen molar-refractivity contribution in [2.24, 2.45) is 0 Å². The minimum Gasteiger partial charge on any atom is -0.300 e. The number of carbonyl (C=O) groups is 1. The Balaban J connectivity index is 3.65. The molecule has 23 heavy (non-hydrogen) atoms. The zero-order valence-corrected chi connectivity index (χ0v) is 14.3. The van der Waals surface area contributed by atoms with Gasteiger partial charge in [0, 0.05) is 16.5 Å². The van der Waals surface area contributed by atoms with Crippen LogP contribution < -0.4 is 0 Å². The number of Topliss-reactive ketones (excluding diaryl/α,β-unsaturated/α-hetero) is 1. The van der Waals surface area contributed by atoms with E-state index < -0.39 is 22.8 Å². The molecule has 0 aliphatic rings. The Morgan fingerprint density at radius 1 is 1.17 bits per heavy atom. The van der Waals surface area contributed by atoms with Crippen molar-refractivity contribution in [3.05, 3.63) is 33.3 Å². The van der Waals surface area contributed by atoms with Crippen molar-refractivity contribution in [3.8, 4) is 0 Å². The molecule has 0 radical (unpaired) electrons. The van der Waals surface area contributed by atoms with Crippen LogP contribution in [0.25, 0.3) is 0 Å². The largest absolute Gasteiger partial charge is 0.434 e.